The predicted molar refractivity (Wildman–Crippen MR) is 86.8 cm³/mol. The number of ether oxygens (including phenoxy) is 1. The van der Waals surface area contributed by atoms with Crippen molar-refractivity contribution >= 4 is 16.6 Å². The van der Waals surface area contributed by atoms with Gasteiger partial charge in [-0.2, -0.15) is 0 Å². The fourth-order valence-electron chi connectivity index (χ4n) is 2.52. The summed E-state index contributed by atoms with van der Waals surface area (Å²) in [6, 6.07) is 18.5. The van der Waals surface area contributed by atoms with Crippen LogP contribution >= 0.6 is 0 Å². The summed E-state index contributed by atoms with van der Waals surface area (Å²) >= 11 is 0. The van der Waals surface area contributed by atoms with Crippen LogP contribution in [-0.2, 0) is 0 Å². The van der Waals surface area contributed by atoms with E-state index in [0.29, 0.717) is 0 Å². The SMILES string of the molecule is COc1ccccc1C(C)Nc1ccc2ncccc2c1. The van der Waals surface area contributed by atoms with Crippen molar-refractivity contribution in [3.8, 4) is 5.75 Å². The van der Waals surface area contributed by atoms with Gasteiger partial charge in [0.05, 0.1) is 18.7 Å². The van der Waals surface area contributed by atoms with E-state index in [1.54, 1.807) is 7.11 Å². The molecule has 0 bridgehead atoms. The molecule has 3 aromatic rings. The van der Waals surface area contributed by atoms with Crippen LogP contribution in [0.25, 0.3) is 10.9 Å². The molecule has 0 aliphatic carbocycles. The first kappa shape index (κ1) is 13.4. The second-order valence-electron chi connectivity index (χ2n) is 5.02. The van der Waals surface area contributed by atoms with E-state index in [1.165, 1.54) is 0 Å². The lowest BCUT2D eigenvalue weighted by Gasteiger charge is -2.18. The zero-order chi connectivity index (χ0) is 14.7. The Morgan fingerprint density at radius 1 is 1.05 bits per heavy atom. The van der Waals surface area contributed by atoms with Crippen molar-refractivity contribution in [3.63, 3.8) is 0 Å². The van der Waals surface area contributed by atoms with Crippen molar-refractivity contribution in [1.82, 2.24) is 4.98 Å². The monoisotopic (exact) mass is 278 g/mol. The molecule has 1 N–H and O–H groups in total. The van der Waals surface area contributed by atoms with Gasteiger partial charge in [0.25, 0.3) is 0 Å². The highest BCUT2D eigenvalue weighted by Crippen LogP contribution is 2.28. The normalized spacial score (nSPS) is 12.1. The fraction of sp³-hybridized carbons (Fsp3) is 0.167. The first-order valence-corrected chi connectivity index (χ1v) is 7.02. The molecule has 21 heavy (non-hydrogen) atoms. The molecule has 0 spiro atoms. The van der Waals surface area contributed by atoms with Gasteiger partial charge in [0.1, 0.15) is 5.75 Å². The van der Waals surface area contributed by atoms with Crippen molar-refractivity contribution < 1.29 is 4.74 Å². The Kier molecular flexibility index (Phi) is 3.73. The molecule has 1 atom stereocenters. The third-order valence-electron chi connectivity index (χ3n) is 3.59. The van der Waals surface area contributed by atoms with Gasteiger partial charge in [0.15, 0.2) is 0 Å². The minimum Gasteiger partial charge on any atom is -0.496 e. The van der Waals surface area contributed by atoms with E-state index in [0.717, 1.165) is 27.9 Å². The molecule has 1 unspecified atom stereocenters. The maximum atomic E-state index is 5.42. The zero-order valence-electron chi connectivity index (χ0n) is 12.2. The third-order valence-corrected chi connectivity index (χ3v) is 3.59. The molecule has 0 aliphatic heterocycles. The van der Waals surface area contributed by atoms with E-state index in [-0.39, 0.29) is 6.04 Å². The minimum absolute atomic E-state index is 0.162. The van der Waals surface area contributed by atoms with Crippen molar-refractivity contribution in [1.29, 1.82) is 0 Å². The summed E-state index contributed by atoms with van der Waals surface area (Å²) in [6.07, 6.45) is 1.81. The molecule has 0 saturated carbocycles. The molecule has 0 amide bonds. The molecule has 3 rings (SSSR count). The summed E-state index contributed by atoms with van der Waals surface area (Å²) in [5.74, 6) is 0.903. The maximum absolute atomic E-state index is 5.42. The molecule has 0 saturated heterocycles. The van der Waals surface area contributed by atoms with E-state index in [1.807, 2.05) is 36.5 Å². The van der Waals surface area contributed by atoms with Gasteiger partial charge in [-0.05, 0) is 37.3 Å². The summed E-state index contributed by atoms with van der Waals surface area (Å²) in [6.45, 7) is 2.13. The minimum atomic E-state index is 0.162. The van der Waals surface area contributed by atoms with Crippen LogP contribution in [0.3, 0.4) is 0 Å². The summed E-state index contributed by atoms with van der Waals surface area (Å²) < 4.78 is 5.42. The van der Waals surface area contributed by atoms with Gasteiger partial charge in [-0.25, -0.2) is 0 Å². The lowest BCUT2D eigenvalue weighted by atomic mass is 10.1. The van der Waals surface area contributed by atoms with Crippen LogP contribution in [0.2, 0.25) is 0 Å². The van der Waals surface area contributed by atoms with Crippen LogP contribution in [-0.4, -0.2) is 12.1 Å². The molecule has 3 heteroatoms. The number of aromatic nitrogens is 1. The van der Waals surface area contributed by atoms with Crippen molar-refractivity contribution in [3.05, 3.63) is 66.4 Å². The van der Waals surface area contributed by atoms with Crippen LogP contribution < -0.4 is 10.1 Å². The van der Waals surface area contributed by atoms with E-state index < -0.39 is 0 Å². The molecule has 2 aromatic carbocycles. The Morgan fingerprint density at radius 2 is 1.90 bits per heavy atom. The van der Waals surface area contributed by atoms with E-state index in [9.17, 15) is 0 Å². The zero-order valence-corrected chi connectivity index (χ0v) is 12.2. The first-order valence-electron chi connectivity index (χ1n) is 7.02. The number of fused-ring (bicyclic) bond motifs is 1. The molecule has 0 radical (unpaired) electrons. The van der Waals surface area contributed by atoms with Crippen LogP contribution in [0.15, 0.2) is 60.8 Å². The van der Waals surface area contributed by atoms with Crippen molar-refractivity contribution in [2.45, 2.75) is 13.0 Å². The lowest BCUT2D eigenvalue weighted by molar-refractivity contribution is 0.408. The first-order chi connectivity index (χ1) is 10.3. The highest BCUT2D eigenvalue weighted by molar-refractivity contribution is 5.82. The molecule has 0 fully saturated rings. The van der Waals surface area contributed by atoms with Gasteiger partial charge >= 0.3 is 0 Å². The summed E-state index contributed by atoms with van der Waals surface area (Å²) in [5, 5.41) is 4.65. The number of benzene rings is 2. The number of methoxy groups -OCH3 is 1. The Morgan fingerprint density at radius 3 is 2.76 bits per heavy atom. The van der Waals surface area contributed by atoms with Crippen LogP contribution in [0.1, 0.15) is 18.5 Å². The molecule has 1 aromatic heterocycles. The van der Waals surface area contributed by atoms with Crippen LogP contribution in [0.4, 0.5) is 5.69 Å². The van der Waals surface area contributed by atoms with E-state index in [2.05, 4.69) is 41.5 Å². The quantitative estimate of drug-likeness (QED) is 0.767. The lowest BCUT2D eigenvalue weighted by Crippen LogP contribution is -2.08. The van der Waals surface area contributed by atoms with Gasteiger partial charge < -0.3 is 10.1 Å². The number of anilines is 1. The van der Waals surface area contributed by atoms with Crippen LogP contribution in [0, 0.1) is 0 Å². The average molecular weight is 278 g/mol. The van der Waals surface area contributed by atoms with Gasteiger partial charge in [-0.15, -0.1) is 0 Å². The molecule has 1 heterocycles. The Balaban J connectivity index is 1.87. The third kappa shape index (κ3) is 2.82. The number of nitrogens with one attached hydrogen (secondary N) is 1. The highest BCUT2D eigenvalue weighted by atomic mass is 16.5. The molecule has 3 nitrogen and oxygen atoms in total. The Hall–Kier alpha value is -2.55. The molecule has 0 aliphatic rings. The van der Waals surface area contributed by atoms with E-state index in [4.69, 9.17) is 4.74 Å². The predicted octanol–water partition coefficient (Wildman–Crippen LogP) is 4.42. The second kappa shape index (κ2) is 5.83. The standard InChI is InChI=1S/C18H18N2O/c1-13(16-7-3-4-8-18(16)21-2)20-15-9-10-17-14(12-15)6-5-11-19-17/h3-13,20H,1-2H3. The van der Waals surface area contributed by atoms with E-state index >= 15 is 0 Å². The maximum Gasteiger partial charge on any atom is 0.124 e. The number of para-hydroxylation sites is 1. The van der Waals surface area contributed by atoms with Gasteiger partial charge in [-0.1, -0.05) is 24.3 Å². The number of nitrogens with zero attached hydrogens (tertiary/aromatic N) is 1. The molecule has 106 valence electrons. The van der Waals surface area contributed by atoms with Gasteiger partial charge in [0.2, 0.25) is 0 Å². The van der Waals surface area contributed by atoms with Gasteiger partial charge in [-0.3, -0.25) is 4.98 Å². The smallest absolute Gasteiger partial charge is 0.124 e. The van der Waals surface area contributed by atoms with Crippen LogP contribution in [0.5, 0.6) is 5.75 Å². The highest BCUT2D eigenvalue weighted by Gasteiger charge is 2.10. The Bertz CT molecular complexity index is 755. The molecular formula is C18H18N2O. The summed E-state index contributed by atoms with van der Waals surface area (Å²) in [7, 11) is 1.70. The summed E-state index contributed by atoms with van der Waals surface area (Å²) in [5.41, 5.74) is 3.23. The summed E-state index contributed by atoms with van der Waals surface area (Å²) in [4.78, 5) is 4.34. The average Bonchev–Trinajstić information content (AvgIpc) is 2.54. The van der Waals surface area contributed by atoms with Crippen molar-refractivity contribution in [2.75, 3.05) is 12.4 Å². The Labute approximate surface area is 124 Å². The number of pyridine rings is 1. The number of hydrogen-bond donors (Lipinski definition) is 1. The topological polar surface area (TPSA) is 34.1 Å². The largest absolute Gasteiger partial charge is 0.496 e. The second-order valence-corrected chi connectivity index (χ2v) is 5.02. The number of hydrogen-bond acceptors (Lipinski definition) is 3. The van der Waals surface area contributed by atoms with Crippen molar-refractivity contribution in [2.24, 2.45) is 0 Å². The molecular weight excluding hydrogens is 260 g/mol. The number of rotatable bonds is 4. The fourth-order valence-corrected chi connectivity index (χ4v) is 2.52. The van der Waals surface area contributed by atoms with Gasteiger partial charge in [0, 0.05) is 22.8 Å².